The average Bonchev–Trinajstić information content (AvgIpc) is 2.25. The van der Waals surface area contributed by atoms with Crippen molar-refractivity contribution in [1.82, 2.24) is 0 Å². The van der Waals surface area contributed by atoms with E-state index in [2.05, 4.69) is 24.3 Å². The van der Waals surface area contributed by atoms with Gasteiger partial charge in [0.25, 0.3) is 0 Å². The van der Waals surface area contributed by atoms with Crippen molar-refractivity contribution >= 4 is 23.4 Å². The number of hydrogen-bond donors (Lipinski definition) is 0. The molecule has 0 spiro atoms. The smallest absolute Gasteiger partial charge is 0.0836 e. The van der Waals surface area contributed by atoms with E-state index in [1.54, 1.807) is 11.8 Å². The molecule has 0 nitrogen and oxygen atoms in total. The summed E-state index contributed by atoms with van der Waals surface area (Å²) in [6, 6.07) is 8.56. The Bertz CT molecular complexity index is 272. The molecular weight excluding hydrogens is 188 g/mol. The number of halogens is 1. The molecule has 0 amide bonds. The Kier molecular flexibility index (Phi) is 2.62. The van der Waals surface area contributed by atoms with Crippen molar-refractivity contribution < 1.29 is 0 Å². The predicted octanol–water partition coefficient (Wildman–Crippen LogP) is 3.68. The van der Waals surface area contributed by atoms with Crippen LogP contribution in [0.4, 0.5) is 0 Å². The van der Waals surface area contributed by atoms with Crippen molar-refractivity contribution in [3.05, 3.63) is 29.8 Å². The van der Waals surface area contributed by atoms with Crippen LogP contribution in [0, 0.1) is 0 Å². The number of thioether (sulfide) groups is 1. The van der Waals surface area contributed by atoms with Gasteiger partial charge in [0.15, 0.2) is 0 Å². The Morgan fingerprint density at radius 2 is 2.17 bits per heavy atom. The minimum absolute atomic E-state index is 0.272. The van der Waals surface area contributed by atoms with Crippen LogP contribution in [0.3, 0.4) is 0 Å². The van der Waals surface area contributed by atoms with Gasteiger partial charge in [0.1, 0.15) is 0 Å². The molecule has 0 aromatic heterocycles. The van der Waals surface area contributed by atoms with Crippen LogP contribution in [0.25, 0.3) is 0 Å². The second-order valence-electron chi connectivity index (χ2n) is 3.03. The number of benzene rings is 1. The van der Waals surface area contributed by atoms with Gasteiger partial charge in [-0.15, -0.1) is 23.4 Å². The molecule has 1 unspecified atom stereocenters. The maximum absolute atomic E-state index is 6.11. The van der Waals surface area contributed by atoms with Crippen LogP contribution >= 0.6 is 23.4 Å². The minimum atomic E-state index is 0.272. The van der Waals surface area contributed by atoms with Crippen LogP contribution in [-0.4, -0.2) is 4.71 Å². The zero-order valence-electron chi connectivity index (χ0n) is 6.79. The van der Waals surface area contributed by atoms with Crippen molar-refractivity contribution in [3.8, 4) is 0 Å². The normalized spacial score (nSPS) is 22.9. The van der Waals surface area contributed by atoms with Crippen LogP contribution in [0.15, 0.2) is 29.2 Å². The number of rotatable bonds is 0. The lowest BCUT2D eigenvalue weighted by atomic mass is 10.1. The first-order valence-corrected chi connectivity index (χ1v) is 5.56. The molecule has 2 rings (SSSR count). The maximum Gasteiger partial charge on any atom is 0.0836 e. The summed E-state index contributed by atoms with van der Waals surface area (Å²) in [5.41, 5.74) is 1.46. The first-order valence-electron chi connectivity index (χ1n) is 4.25. The predicted molar refractivity (Wildman–Crippen MR) is 54.9 cm³/mol. The van der Waals surface area contributed by atoms with E-state index in [9.17, 15) is 0 Å². The number of aryl methyl sites for hydroxylation is 1. The number of hydrogen-bond acceptors (Lipinski definition) is 1. The Labute approximate surface area is 82.3 Å². The molecular formula is C10H11ClS. The third kappa shape index (κ3) is 1.78. The van der Waals surface area contributed by atoms with Gasteiger partial charge in [-0.25, -0.2) is 0 Å². The van der Waals surface area contributed by atoms with E-state index in [1.807, 2.05) is 0 Å². The van der Waals surface area contributed by atoms with Crippen molar-refractivity contribution in [1.29, 1.82) is 0 Å². The van der Waals surface area contributed by atoms with E-state index in [4.69, 9.17) is 11.6 Å². The quantitative estimate of drug-likeness (QED) is 0.574. The van der Waals surface area contributed by atoms with Gasteiger partial charge in [-0.1, -0.05) is 18.2 Å². The summed E-state index contributed by atoms with van der Waals surface area (Å²) in [5, 5.41) is 0. The Morgan fingerprint density at radius 1 is 1.33 bits per heavy atom. The Morgan fingerprint density at radius 3 is 3.08 bits per heavy atom. The van der Waals surface area contributed by atoms with E-state index in [0.717, 1.165) is 6.42 Å². The molecule has 1 aromatic carbocycles. The van der Waals surface area contributed by atoms with Crippen molar-refractivity contribution in [2.24, 2.45) is 0 Å². The molecule has 1 heterocycles. The van der Waals surface area contributed by atoms with Gasteiger partial charge in [-0.2, -0.15) is 0 Å². The highest BCUT2D eigenvalue weighted by Crippen LogP contribution is 2.35. The maximum atomic E-state index is 6.11. The third-order valence-electron chi connectivity index (χ3n) is 2.10. The van der Waals surface area contributed by atoms with Gasteiger partial charge in [-0.05, 0) is 30.9 Å². The number of alkyl halides is 1. The molecule has 0 N–H and O–H groups in total. The van der Waals surface area contributed by atoms with Crippen LogP contribution in [-0.2, 0) is 6.42 Å². The van der Waals surface area contributed by atoms with Crippen LogP contribution < -0.4 is 0 Å². The van der Waals surface area contributed by atoms with Crippen molar-refractivity contribution in [3.63, 3.8) is 0 Å². The Balaban J connectivity index is 2.31. The van der Waals surface area contributed by atoms with E-state index in [1.165, 1.54) is 23.3 Å². The van der Waals surface area contributed by atoms with Crippen LogP contribution in [0.2, 0.25) is 0 Å². The highest BCUT2D eigenvalue weighted by Gasteiger charge is 2.13. The SMILES string of the molecule is ClC1CCCc2ccccc2S1. The fourth-order valence-corrected chi connectivity index (χ4v) is 2.96. The highest BCUT2D eigenvalue weighted by atomic mass is 35.5. The highest BCUT2D eigenvalue weighted by molar-refractivity contribution is 8.01. The molecule has 12 heavy (non-hydrogen) atoms. The van der Waals surface area contributed by atoms with Gasteiger partial charge in [0.2, 0.25) is 0 Å². The fourth-order valence-electron chi connectivity index (χ4n) is 1.48. The second kappa shape index (κ2) is 3.71. The molecule has 0 fully saturated rings. The molecule has 1 aliphatic heterocycles. The molecule has 0 radical (unpaired) electrons. The molecule has 0 aliphatic carbocycles. The van der Waals surface area contributed by atoms with Gasteiger partial charge < -0.3 is 0 Å². The molecule has 0 saturated heterocycles. The Hall–Kier alpha value is -0.140. The largest absolute Gasteiger partial charge is 0.111 e. The summed E-state index contributed by atoms with van der Waals surface area (Å²) in [6.07, 6.45) is 3.53. The van der Waals surface area contributed by atoms with Gasteiger partial charge in [0.05, 0.1) is 4.71 Å². The molecule has 0 saturated carbocycles. The summed E-state index contributed by atoms with van der Waals surface area (Å²) in [4.78, 5) is 1.37. The van der Waals surface area contributed by atoms with Crippen LogP contribution in [0.5, 0.6) is 0 Å². The first-order chi connectivity index (χ1) is 5.86. The summed E-state index contributed by atoms with van der Waals surface area (Å²) in [5.74, 6) is 0. The molecule has 2 heteroatoms. The minimum Gasteiger partial charge on any atom is -0.111 e. The average molecular weight is 199 g/mol. The van der Waals surface area contributed by atoms with Gasteiger partial charge >= 0.3 is 0 Å². The first kappa shape index (κ1) is 8.46. The summed E-state index contributed by atoms with van der Waals surface area (Å²) < 4.78 is 0.272. The fraction of sp³-hybridized carbons (Fsp3) is 0.400. The molecule has 1 aliphatic rings. The van der Waals surface area contributed by atoms with Crippen LogP contribution in [0.1, 0.15) is 18.4 Å². The molecule has 64 valence electrons. The summed E-state index contributed by atoms with van der Waals surface area (Å²) in [7, 11) is 0. The molecule has 1 atom stereocenters. The number of fused-ring (bicyclic) bond motifs is 1. The summed E-state index contributed by atoms with van der Waals surface area (Å²) in [6.45, 7) is 0. The van der Waals surface area contributed by atoms with E-state index in [-0.39, 0.29) is 4.71 Å². The van der Waals surface area contributed by atoms with Gasteiger partial charge in [0, 0.05) is 4.90 Å². The lowest BCUT2D eigenvalue weighted by Gasteiger charge is -2.05. The zero-order valence-corrected chi connectivity index (χ0v) is 8.37. The molecule has 0 bridgehead atoms. The van der Waals surface area contributed by atoms with E-state index in [0.29, 0.717) is 0 Å². The summed E-state index contributed by atoms with van der Waals surface area (Å²) >= 11 is 7.91. The van der Waals surface area contributed by atoms with Gasteiger partial charge in [-0.3, -0.25) is 0 Å². The van der Waals surface area contributed by atoms with Crippen molar-refractivity contribution in [2.75, 3.05) is 0 Å². The third-order valence-corrected chi connectivity index (χ3v) is 3.73. The van der Waals surface area contributed by atoms with E-state index >= 15 is 0 Å². The second-order valence-corrected chi connectivity index (χ2v) is 5.06. The monoisotopic (exact) mass is 198 g/mol. The lowest BCUT2D eigenvalue weighted by Crippen LogP contribution is -1.87. The molecule has 1 aromatic rings. The standard InChI is InChI=1S/C10H11ClS/c11-10-7-3-5-8-4-1-2-6-9(8)12-10/h1-2,4,6,10H,3,5,7H2. The lowest BCUT2D eigenvalue weighted by molar-refractivity contribution is 0.785. The topological polar surface area (TPSA) is 0 Å². The van der Waals surface area contributed by atoms with Crippen molar-refractivity contribution in [2.45, 2.75) is 28.9 Å². The van der Waals surface area contributed by atoms with E-state index < -0.39 is 0 Å². The zero-order chi connectivity index (χ0) is 8.39.